The van der Waals surface area contributed by atoms with Gasteiger partial charge in [-0.25, -0.2) is 0 Å². The molecule has 0 bridgehead atoms. The van der Waals surface area contributed by atoms with Gasteiger partial charge in [-0.15, -0.1) is 12.6 Å². The van der Waals surface area contributed by atoms with Gasteiger partial charge in [-0.2, -0.15) is 0 Å². The smallest absolute Gasteiger partial charge is 0.373 e. The van der Waals surface area contributed by atoms with E-state index < -0.39 is 11.6 Å². The van der Waals surface area contributed by atoms with Crippen molar-refractivity contribution < 1.29 is 14.2 Å². The van der Waals surface area contributed by atoms with E-state index >= 15 is 0 Å². The number of diazo groups is 1. The molecule has 2 unspecified atom stereocenters. The molecule has 152 valence electrons. The summed E-state index contributed by atoms with van der Waals surface area (Å²) in [5.41, 5.74) is -0.130. The van der Waals surface area contributed by atoms with Gasteiger partial charge in [0, 0.05) is 11.5 Å². The van der Waals surface area contributed by atoms with Crippen LogP contribution in [-0.2, 0) is 15.1 Å². The van der Waals surface area contributed by atoms with Crippen LogP contribution < -0.4 is 4.74 Å². The highest BCUT2D eigenvalue weighted by Crippen LogP contribution is 2.45. The molecular weight excluding hydrogens is 372 g/mol. The zero-order valence-corrected chi connectivity index (χ0v) is 18.0. The molecule has 2 atom stereocenters. The first-order chi connectivity index (χ1) is 13.6. The van der Waals surface area contributed by atoms with Crippen molar-refractivity contribution in [2.45, 2.75) is 58.1 Å². The van der Waals surface area contributed by atoms with E-state index in [4.69, 9.17) is 26.8 Å². The van der Waals surface area contributed by atoms with Crippen molar-refractivity contribution in [1.82, 2.24) is 0 Å². The van der Waals surface area contributed by atoms with Gasteiger partial charge in [0.25, 0.3) is 0 Å². The molecule has 0 saturated heterocycles. The van der Waals surface area contributed by atoms with E-state index in [1.165, 1.54) is 0 Å². The van der Waals surface area contributed by atoms with Crippen molar-refractivity contribution in [3.63, 3.8) is 0 Å². The SMILES string of the molecule is CCCCOC1=CC([N+]#N)C(OCCCC)(c2ccc(OCC)cc2)C(S)=C1. The minimum atomic E-state index is -0.991. The molecule has 0 spiro atoms. The Morgan fingerprint density at radius 1 is 1.04 bits per heavy atom. The van der Waals surface area contributed by atoms with Gasteiger partial charge in [0.05, 0.1) is 19.3 Å². The Kier molecular flexibility index (Phi) is 8.88. The van der Waals surface area contributed by atoms with Crippen LogP contribution in [0.25, 0.3) is 4.98 Å². The lowest BCUT2D eigenvalue weighted by atomic mass is 9.82. The highest BCUT2D eigenvalue weighted by atomic mass is 32.1. The minimum Gasteiger partial charge on any atom is -0.494 e. The Balaban J connectivity index is 2.40. The van der Waals surface area contributed by atoms with Gasteiger partial charge in [-0.1, -0.05) is 38.8 Å². The average molecular weight is 404 g/mol. The summed E-state index contributed by atoms with van der Waals surface area (Å²) in [4.78, 5) is 4.30. The van der Waals surface area contributed by atoms with Gasteiger partial charge in [-0.3, -0.25) is 0 Å². The van der Waals surface area contributed by atoms with Crippen LogP contribution in [-0.4, -0.2) is 25.9 Å². The largest absolute Gasteiger partial charge is 0.494 e. The molecule has 0 saturated carbocycles. The van der Waals surface area contributed by atoms with Gasteiger partial charge in [0.15, 0.2) is 0 Å². The summed E-state index contributed by atoms with van der Waals surface area (Å²) in [5.74, 6) is 1.44. The lowest BCUT2D eigenvalue weighted by Gasteiger charge is -2.34. The van der Waals surface area contributed by atoms with Gasteiger partial charge >= 0.3 is 6.04 Å². The molecular formula is C22H31N2O3S+. The van der Waals surface area contributed by atoms with E-state index in [-0.39, 0.29) is 0 Å². The van der Waals surface area contributed by atoms with Crippen molar-refractivity contribution in [1.29, 1.82) is 5.39 Å². The number of hydrogen-bond donors (Lipinski definition) is 1. The minimum absolute atomic E-state index is 0.535. The first kappa shape index (κ1) is 22.3. The van der Waals surface area contributed by atoms with Crippen LogP contribution in [0.1, 0.15) is 52.0 Å². The molecule has 1 aromatic carbocycles. The molecule has 28 heavy (non-hydrogen) atoms. The molecule has 5 nitrogen and oxygen atoms in total. The molecule has 0 heterocycles. The number of unbranched alkanes of at least 4 members (excludes halogenated alkanes) is 2. The normalized spacial score (nSPS) is 21.5. The lowest BCUT2D eigenvalue weighted by Crippen LogP contribution is -2.42. The number of nitrogens with zero attached hydrogens (tertiary/aromatic N) is 2. The van der Waals surface area contributed by atoms with Crippen molar-refractivity contribution in [2.75, 3.05) is 19.8 Å². The van der Waals surface area contributed by atoms with Crippen LogP contribution in [0.2, 0.25) is 0 Å². The quantitative estimate of drug-likeness (QED) is 0.286. The van der Waals surface area contributed by atoms with E-state index in [0.29, 0.717) is 30.5 Å². The summed E-state index contributed by atoms with van der Waals surface area (Å²) in [6.07, 6.45) is 7.59. The van der Waals surface area contributed by atoms with Crippen LogP contribution in [0.4, 0.5) is 0 Å². The zero-order valence-electron chi connectivity index (χ0n) is 17.1. The third kappa shape index (κ3) is 5.09. The Hall–Kier alpha value is -1.97. The van der Waals surface area contributed by atoms with Gasteiger partial charge in [0.1, 0.15) is 16.5 Å². The highest BCUT2D eigenvalue weighted by molar-refractivity contribution is 7.84. The lowest BCUT2D eigenvalue weighted by molar-refractivity contribution is -0.0214. The summed E-state index contributed by atoms with van der Waals surface area (Å²) in [5, 5.41) is 9.85. The summed E-state index contributed by atoms with van der Waals surface area (Å²) in [7, 11) is 0. The zero-order chi connectivity index (χ0) is 20.4. The van der Waals surface area contributed by atoms with Crippen LogP contribution >= 0.6 is 12.6 Å². The first-order valence-corrected chi connectivity index (χ1v) is 10.5. The van der Waals surface area contributed by atoms with E-state index in [1.807, 2.05) is 37.3 Å². The molecule has 1 aliphatic rings. The molecule has 0 aromatic heterocycles. The number of ether oxygens (including phenoxy) is 3. The molecule has 0 radical (unpaired) electrons. The maximum atomic E-state index is 9.85. The number of hydrogen-bond acceptors (Lipinski definition) is 5. The average Bonchev–Trinajstić information content (AvgIpc) is 2.70. The van der Waals surface area contributed by atoms with E-state index in [1.54, 1.807) is 6.08 Å². The third-order valence-corrected chi connectivity index (χ3v) is 5.17. The first-order valence-electron chi connectivity index (χ1n) is 10.1. The molecule has 0 N–H and O–H groups in total. The second-order valence-electron chi connectivity index (χ2n) is 6.76. The Bertz CT molecular complexity index is 724. The predicted molar refractivity (Wildman–Crippen MR) is 115 cm³/mol. The third-order valence-electron chi connectivity index (χ3n) is 4.71. The fraction of sp³-hybridized carbons (Fsp3) is 0.545. The van der Waals surface area contributed by atoms with E-state index in [2.05, 4.69) is 18.8 Å². The molecule has 1 aliphatic carbocycles. The van der Waals surface area contributed by atoms with E-state index in [0.717, 1.165) is 37.0 Å². The summed E-state index contributed by atoms with van der Waals surface area (Å²) in [6, 6.07) is 7.02. The highest BCUT2D eigenvalue weighted by Gasteiger charge is 2.54. The molecule has 0 aliphatic heterocycles. The van der Waals surface area contributed by atoms with Crippen LogP contribution in [0, 0.1) is 5.39 Å². The topological polar surface area (TPSA) is 55.8 Å². The number of rotatable bonds is 11. The number of thiol groups is 1. The molecule has 0 fully saturated rings. The molecule has 0 amide bonds. The Morgan fingerprint density at radius 2 is 1.71 bits per heavy atom. The van der Waals surface area contributed by atoms with Crippen LogP contribution in [0.5, 0.6) is 5.75 Å². The Morgan fingerprint density at radius 3 is 2.32 bits per heavy atom. The van der Waals surface area contributed by atoms with E-state index in [9.17, 15) is 5.39 Å². The molecule has 1 aromatic rings. The molecule has 2 rings (SSSR count). The van der Waals surface area contributed by atoms with Crippen molar-refractivity contribution in [3.05, 3.63) is 57.6 Å². The van der Waals surface area contributed by atoms with Gasteiger partial charge < -0.3 is 14.2 Å². The van der Waals surface area contributed by atoms with Crippen molar-refractivity contribution in [2.24, 2.45) is 0 Å². The van der Waals surface area contributed by atoms with Crippen LogP contribution in [0.3, 0.4) is 0 Å². The monoisotopic (exact) mass is 403 g/mol. The molecule has 6 heteroatoms. The van der Waals surface area contributed by atoms with Gasteiger partial charge in [0.2, 0.25) is 11.0 Å². The van der Waals surface area contributed by atoms with Gasteiger partial charge in [-0.05, 0) is 43.5 Å². The standard InChI is InChI=1S/C22H30N2O3S/c1-4-7-13-26-19-15-20(24-23)22(21(28)16-19,27-14-8-5-2)17-9-11-18(12-10-17)25-6-3/h9-12,15-16,20H,4-8,13-14H2,1-3H3/p+1. The maximum absolute atomic E-state index is 9.85. The Labute approximate surface area is 173 Å². The van der Waals surface area contributed by atoms with Crippen LogP contribution in [0.15, 0.2) is 47.1 Å². The summed E-state index contributed by atoms with van der Waals surface area (Å²) in [6.45, 7) is 7.93. The summed E-state index contributed by atoms with van der Waals surface area (Å²) < 4.78 is 17.7. The fourth-order valence-electron chi connectivity index (χ4n) is 3.16. The second kappa shape index (κ2) is 11.1. The number of allylic oxidation sites excluding steroid dienone is 1. The number of benzene rings is 1. The van der Waals surface area contributed by atoms with Crippen molar-refractivity contribution >= 4 is 12.6 Å². The maximum Gasteiger partial charge on any atom is 0.373 e. The fourth-order valence-corrected chi connectivity index (χ4v) is 3.61. The second-order valence-corrected chi connectivity index (χ2v) is 7.24. The summed E-state index contributed by atoms with van der Waals surface area (Å²) >= 11 is 4.75. The predicted octanol–water partition coefficient (Wildman–Crippen LogP) is 5.85. The van der Waals surface area contributed by atoms with Crippen molar-refractivity contribution in [3.8, 4) is 5.75 Å².